The van der Waals surface area contributed by atoms with E-state index >= 15 is 0 Å². The molecule has 0 saturated heterocycles. The van der Waals surface area contributed by atoms with Gasteiger partial charge in [0.25, 0.3) is 0 Å². The number of hydrogen-bond acceptors (Lipinski definition) is 2. The third-order valence-corrected chi connectivity index (χ3v) is 5.11. The van der Waals surface area contributed by atoms with Crippen LogP contribution in [0.2, 0.25) is 0 Å². The van der Waals surface area contributed by atoms with Crippen LogP contribution in [0.4, 0.5) is 13.2 Å². The van der Waals surface area contributed by atoms with Gasteiger partial charge in [0.2, 0.25) is 0 Å². The third-order valence-electron chi connectivity index (χ3n) is 5.11. The van der Waals surface area contributed by atoms with Gasteiger partial charge in [0.15, 0.2) is 0 Å². The molecule has 5 heteroatoms. The maximum atomic E-state index is 12.8. The van der Waals surface area contributed by atoms with Gasteiger partial charge in [0, 0.05) is 7.05 Å². The second kappa shape index (κ2) is 10.2. The fourth-order valence-corrected chi connectivity index (χ4v) is 3.50. The summed E-state index contributed by atoms with van der Waals surface area (Å²) in [6.45, 7) is 5.94. The van der Waals surface area contributed by atoms with Crippen molar-refractivity contribution >= 4 is 6.08 Å². The van der Waals surface area contributed by atoms with Gasteiger partial charge >= 0.3 is 6.18 Å². The number of hydrogen-bond donors (Lipinski definition) is 1. The van der Waals surface area contributed by atoms with Gasteiger partial charge in [-0.15, -0.1) is 0 Å². The highest BCUT2D eigenvalue weighted by atomic mass is 19.4. The molecule has 158 valence electrons. The lowest BCUT2D eigenvalue weighted by molar-refractivity contribution is -0.137. The first-order valence-electron chi connectivity index (χ1n) is 10.1. The molecule has 0 heterocycles. The standard InChI is InChI=1S/C23H21F3N2.C2H6/c1-15(22(14-27)28-2)19-12-18-9-8-17(10-20(18)13-19)7-6-16-4-3-5-21(11-16)23(24,25)26;1-2/h3-9,11,13,17,28H,10,12H2,1-2H3;1-2H3/b7-6+,22-15+;. The summed E-state index contributed by atoms with van der Waals surface area (Å²) < 4.78 is 38.5. The first kappa shape index (κ1) is 23.3. The highest BCUT2D eigenvalue weighted by Gasteiger charge is 2.30. The van der Waals surface area contributed by atoms with Crippen molar-refractivity contribution in [1.82, 2.24) is 5.32 Å². The zero-order valence-corrected chi connectivity index (χ0v) is 17.8. The van der Waals surface area contributed by atoms with Crippen LogP contribution in [0.1, 0.15) is 44.7 Å². The predicted octanol–water partition coefficient (Wildman–Crippen LogP) is 6.96. The van der Waals surface area contributed by atoms with Crippen molar-refractivity contribution in [2.45, 2.75) is 39.8 Å². The Kier molecular flexibility index (Phi) is 7.88. The first-order chi connectivity index (χ1) is 14.3. The summed E-state index contributed by atoms with van der Waals surface area (Å²) in [5.74, 6) is 0.132. The van der Waals surface area contributed by atoms with Crippen molar-refractivity contribution in [1.29, 1.82) is 5.26 Å². The van der Waals surface area contributed by atoms with Gasteiger partial charge < -0.3 is 5.32 Å². The van der Waals surface area contributed by atoms with Crippen LogP contribution in [-0.4, -0.2) is 7.05 Å². The molecule has 0 spiro atoms. The lowest BCUT2D eigenvalue weighted by Gasteiger charge is -2.15. The van der Waals surface area contributed by atoms with Gasteiger partial charge in [-0.1, -0.05) is 56.4 Å². The Bertz CT molecular complexity index is 967. The Hall–Kier alpha value is -3.00. The van der Waals surface area contributed by atoms with Gasteiger partial charge in [-0.2, -0.15) is 18.4 Å². The molecular formula is C25H27F3N2. The van der Waals surface area contributed by atoms with Crippen LogP contribution in [0.3, 0.4) is 0 Å². The number of rotatable bonds is 4. The molecule has 1 aromatic carbocycles. The summed E-state index contributed by atoms with van der Waals surface area (Å²) in [7, 11) is 1.74. The Morgan fingerprint density at radius 3 is 2.60 bits per heavy atom. The number of alkyl halides is 3. The molecule has 0 aromatic heterocycles. The van der Waals surface area contributed by atoms with Crippen LogP contribution >= 0.6 is 0 Å². The quantitative estimate of drug-likeness (QED) is 0.542. The van der Waals surface area contributed by atoms with E-state index in [-0.39, 0.29) is 5.92 Å². The van der Waals surface area contributed by atoms with Gasteiger partial charge in [0.05, 0.1) is 5.56 Å². The van der Waals surface area contributed by atoms with E-state index in [9.17, 15) is 18.4 Å². The summed E-state index contributed by atoms with van der Waals surface area (Å²) in [5.41, 5.74) is 5.01. The molecule has 1 aromatic rings. The van der Waals surface area contributed by atoms with Crippen LogP contribution in [0, 0.1) is 17.2 Å². The minimum Gasteiger partial charge on any atom is -0.379 e. The van der Waals surface area contributed by atoms with E-state index in [1.807, 2.05) is 26.8 Å². The highest BCUT2D eigenvalue weighted by molar-refractivity contribution is 5.56. The summed E-state index contributed by atoms with van der Waals surface area (Å²) in [6, 6.07) is 7.51. The van der Waals surface area contributed by atoms with Crippen molar-refractivity contribution in [3.8, 4) is 6.07 Å². The van der Waals surface area contributed by atoms with Crippen molar-refractivity contribution in [2.24, 2.45) is 5.92 Å². The number of benzene rings is 1. The van der Waals surface area contributed by atoms with Crippen LogP contribution in [0.5, 0.6) is 0 Å². The summed E-state index contributed by atoms with van der Waals surface area (Å²) in [6.07, 6.45) is 7.26. The first-order valence-corrected chi connectivity index (χ1v) is 10.1. The van der Waals surface area contributed by atoms with E-state index < -0.39 is 11.7 Å². The lowest BCUT2D eigenvalue weighted by atomic mass is 9.90. The third kappa shape index (κ3) is 5.54. The van der Waals surface area contributed by atoms with Crippen molar-refractivity contribution < 1.29 is 13.2 Å². The Morgan fingerprint density at radius 2 is 1.97 bits per heavy atom. The van der Waals surface area contributed by atoms with Crippen LogP contribution < -0.4 is 5.32 Å². The van der Waals surface area contributed by atoms with E-state index in [1.54, 1.807) is 19.2 Å². The topological polar surface area (TPSA) is 35.8 Å². The molecule has 1 N–H and O–H groups in total. The largest absolute Gasteiger partial charge is 0.416 e. The average Bonchev–Trinajstić information content (AvgIpc) is 3.17. The fourth-order valence-electron chi connectivity index (χ4n) is 3.50. The van der Waals surface area contributed by atoms with Gasteiger partial charge in [-0.05, 0) is 65.7 Å². The molecule has 2 nitrogen and oxygen atoms in total. The molecule has 2 aliphatic rings. The minimum absolute atomic E-state index is 0.132. The number of nitriles is 1. The molecule has 0 radical (unpaired) electrons. The zero-order valence-electron chi connectivity index (χ0n) is 17.8. The molecule has 2 aliphatic carbocycles. The second-order valence-electron chi connectivity index (χ2n) is 6.97. The maximum Gasteiger partial charge on any atom is 0.416 e. The highest BCUT2D eigenvalue weighted by Crippen LogP contribution is 2.38. The molecule has 0 fully saturated rings. The molecule has 1 atom stereocenters. The van der Waals surface area contributed by atoms with Gasteiger partial charge in [-0.25, -0.2) is 0 Å². The van der Waals surface area contributed by atoms with E-state index in [0.29, 0.717) is 11.3 Å². The van der Waals surface area contributed by atoms with Gasteiger partial charge in [0.1, 0.15) is 11.8 Å². The van der Waals surface area contributed by atoms with Crippen molar-refractivity contribution in [3.63, 3.8) is 0 Å². The molecule has 3 rings (SSSR count). The van der Waals surface area contributed by atoms with E-state index in [0.717, 1.165) is 36.1 Å². The van der Waals surface area contributed by atoms with Gasteiger partial charge in [-0.3, -0.25) is 0 Å². The van der Waals surface area contributed by atoms with Crippen LogP contribution in [0.25, 0.3) is 6.08 Å². The molecular weight excluding hydrogens is 385 g/mol. The summed E-state index contributed by atoms with van der Waals surface area (Å²) >= 11 is 0. The fraction of sp³-hybridized carbons (Fsp3) is 0.320. The van der Waals surface area contributed by atoms with Crippen LogP contribution in [-0.2, 0) is 6.18 Å². The normalized spacial score (nSPS) is 18.9. The minimum atomic E-state index is -4.33. The maximum absolute atomic E-state index is 12.8. The molecule has 0 bridgehead atoms. The molecule has 0 aliphatic heterocycles. The molecule has 1 unspecified atom stereocenters. The monoisotopic (exact) mass is 412 g/mol. The summed E-state index contributed by atoms with van der Waals surface area (Å²) in [5, 5.41) is 12.1. The zero-order chi connectivity index (χ0) is 22.3. The molecule has 30 heavy (non-hydrogen) atoms. The second-order valence-corrected chi connectivity index (χ2v) is 6.97. The number of nitrogens with zero attached hydrogens (tertiary/aromatic N) is 1. The molecule has 0 amide bonds. The van der Waals surface area contributed by atoms with Crippen molar-refractivity contribution in [3.05, 3.63) is 87.7 Å². The Balaban J connectivity index is 0.00000155. The Labute approximate surface area is 176 Å². The number of nitrogens with one attached hydrogen (secondary N) is 1. The van der Waals surface area contributed by atoms with E-state index in [2.05, 4.69) is 29.6 Å². The lowest BCUT2D eigenvalue weighted by Crippen LogP contribution is -2.07. The number of halogens is 3. The SMILES string of the molecule is CC.CN/C(C#N)=C(\C)C1=CC2=C(C=CC(/C=C/c3cccc(C(F)(F)F)c3)C2)C1. The Morgan fingerprint density at radius 1 is 1.23 bits per heavy atom. The van der Waals surface area contributed by atoms with Crippen molar-refractivity contribution in [2.75, 3.05) is 7.05 Å². The smallest absolute Gasteiger partial charge is 0.379 e. The van der Waals surface area contributed by atoms with Crippen LogP contribution in [0.15, 0.2) is 76.6 Å². The molecule has 0 saturated carbocycles. The van der Waals surface area contributed by atoms with E-state index in [1.165, 1.54) is 17.2 Å². The summed E-state index contributed by atoms with van der Waals surface area (Å²) in [4.78, 5) is 0. The average molecular weight is 412 g/mol. The predicted molar refractivity (Wildman–Crippen MR) is 116 cm³/mol. The van der Waals surface area contributed by atoms with E-state index in [4.69, 9.17) is 0 Å². The number of allylic oxidation sites excluding steroid dienone is 9.